The zero-order chi connectivity index (χ0) is 18.8. The summed E-state index contributed by atoms with van der Waals surface area (Å²) in [4.78, 5) is 0. The van der Waals surface area contributed by atoms with Crippen LogP contribution < -0.4 is 16.4 Å². The molecule has 0 radical (unpaired) electrons. The van der Waals surface area contributed by atoms with E-state index in [0.29, 0.717) is 18.5 Å². The number of fused-ring (bicyclic) bond motifs is 1. The molecule has 1 unspecified atom stereocenters. The van der Waals surface area contributed by atoms with Crippen LogP contribution in [0.2, 0.25) is 0 Å². The van der Waals surface area contributed by atoms with Gasteiger partial charge in [0.15, 0.2) is 0 Å². The number of nitrogens with one attached hydrogen (secondary N) is 2. The fourth-order valence-corrected chi connectivity index (χ4v) is 4.21. The Morgan fingerprint density at radius 3 is 2.81 bits per heavy atom. The van der Waals surface area contributed by atoms with Gasteiger partial charge in [-0.15, -0.1) is 0 Å². The second kappa shape index (κ2) is 7.58. The predicted octanol–water partition coefficient (Wildman–Crippen LogP) is 4.23. The summed E-state index contributed by atoms with van der Waals surface area (Å²) in [6, 6.07) is 7.08. The van der Waals surface area contributed by atoms with Crippen LogP contribution >= 0.6 is 0 Å². The SMILES string of the molecule is N#CC1=CC(c2cc3c(c(N[C@H]4CC[C@H](N)CC4)c2)CNC=C3)CC=C1F. The third kappa shape index (κ3) is 3.77. The van der Waals surface area contributed by atoms with Crippen LogP contribution in [0.1, 0.15) is 54.7 Å². The minimum absolute atomic E-state index is 0.0214. The second-order valence-corrected chi connectivity index (χ2v) is 7.69. The molecule has 1 atom stereocenters. The van der Waals surface area contributed by atoms with Crippen LogP contribution in [0, 0.1) is 11.3 Å². The van der Waals surface area contributed by atoms with Crippen LogP contribution in [-0.4, -0.2) is 12.1 Å². The van der Waals surface area contributed by atoms with Gasteiger partial charge >= 0.3 is 0 Å². The number of benzene rings is 1. The summed E-state index contributed by atoms with van der Waals surface area (Å²) in [5.41, 5.74) is 10.9. The maximum atomic E-state index is 13.8. The normalized spacial score (nSPS) is 26.9. The van der Waals surface area contributed by atoms with Gasteiger partial charge in [-0.1, -0.05) is 12.1 Å². The lowest BCUT2D eigenvalue weighted by atomic mass is 9.86. The number of anilines is 1. The minimum atomic E-state index is -0.410. The van der Waals surface area contributed by atoms with E-state index in [1.165, 1.54) is 17.2 Å². The van der Waals surface area contributed by atoms with E-state index in [1.54, 1.807) is 6.08 Å². The number of allylic oxidation sites excluding steroid dienone is 4. The first-order valence-corrected chi connectivity index (χ1v) is 9.71. The molecule has 1 aliphatic heterocycles. The molecule has 5 heteroatoms. The number of hydrogen-bond donors (Lipinski definition) is 3. The molecule has 0 aromatic heterocycles. The van der Waals surface area contributed by atoms with Gasteiger partial charge in [-0.2, -0.15) is 5.26 Å². The lowest BCUT2D eigenvalue weighted by molar-refractivity contribution is 0.411. The highest BCUT2D eigenvalue weighted by atomic mass is 19.1. The van der Waals surface area contributed by atoms with Crippen molar-refractivity contribution in [3.05, 3.63) is 58.6 Å². The number of halogens is 1. The quantitative estimate of drug-likeness (QED) is 0.750. The number of nitrogens with zero attached hydrogens (tertiary/aromatic N) is 1. The van der Waals surface area contributed by atoms with Gasteiger partial charge < -0.3 is 16.4 Å². The Bertz CT molecular complexity index is 854. The van der Waals surface area contributed by atoms with E-state index >= 15 is 0 Å². The molecule has 4 N–H and O–H groups in total. The summed E-state index contributed by atoms with van der Waals surface area (Å²) in [5.74, 6) is -0.388. The van der Waals surface area contributed by atoms with Crippen molar-refractivity contribution in [2.24, 2.45) is 5.73 Å². The Labute approximate surface area is 159 Å². The third-order valence-electron chi connectivity index (χ3n) is 5.82. The molecule has 0 saturated heterocycles. The van der Waals surface area contributed by atoms with E-state index in [-0.39, 0.29) is 11.5 Å². The molecule has 1 fully saturated rings. The Morgan fingerprint density at radius 1 is 1.22 bits per heavy atom. The van der Waals surface area contributed by atoms with Crippen molar-refractivity contribution in [1.82, 2.24) is 5.32 Å². The standard InChI is InChI=1S/C22H25FN4/c23-21-6-1-14(9-17(21)12-24)16-10-15-7-8-26-13-20(15)22(11-16)27-19-4-2-18(25)3-5-19/h6-11,14,18-19,26-27H,1-5,13,25H2/t14?,18-,19-. The van der Waals surface area contributed by atoms with Gasteiger partial charge in [-0.05, 0) is 67.6 Å². The predicted molar refractivity (Wildman–Crippen MR) is 106 cm³/mol. The molecule has 3 aliphatic rings. The van der Waals surface area contributed by atoms with Crippen molar-refractivity contribution in [3.8, 4) is 6.07 Å². The van der Waals surface area contributed by atoms with Gasteiger partial charge in [0.25, 0.3) is 0 Å². The van der Waals surface area contributed by atoms with Crippen molar-refractivity contribution in [2.45, 2.75) is 56.7 Å². The summed E-state index contributed by atoms with van der Waals surface area (Å²) in [5, 5.41) is 16.2. The number of hydrogen-bond acceptors (Lipinski definition) is 4. The van der Waals surface area contributed by atoms with Crippen molar-refractivity contribution in [3.63, 3.8) is 0 Å². The van der Waals surface area contributed by atoms with E-state index in [2.05, 4.69) is 28.8 Å². The largest absolute Gasteiger partial charge is 0.387 e. The number of nitriles is 1. The molecule has 0 spiro atoms. The topological polar surface area (TPSA) is 73.9 Å². The number of rotatable bonds is 3. The highest BCUT2D eigenvalue weighted by Crippen LogP contribution is 2.36. The van der Waals surface area contributed by atoms with E-state index in [4.69, 9.17) is 11.0 Å². The zero-order valence-corrected chi connectivity index (χ0v) is 15.3. The molecular weight excluding hydrogens is 339 g/mol. The molecule has 1 aromatic carbocycles. The van der Waals surface area contributed by atoms with E-state index in [1.807, 2.05) is 12.3 Å². The average molecular weight is 364 g/mol. The van der Waals surface area contributed by atoms with Crippen LogP contribution in [0.4, 0.5) is 10.1 Å². The Balaban J connectivity index is 1.65. The van der Waals surface area contributed by atoms with Crippen LogP contribution in [0.5, 0.6) is 0 Å². The molecule has 1 saturated carbocycles. The average Bonchev–Trinajstić information content (AvgIpc) is 2.70. The fourth-order valence-electron chi connectivity index (χ4n) is 4.21. The molecule has 1 heterocycles. The van der Waals surface area contributed by atoms with Crippen LogP contribution in [0.3, 0.4) is 0 Å². The summed E-state index contributed by atoms with van der Waals surface area (Å²) in [7, 11) is 0. The molecule has 27 heavy (non-hydrogen) atoms. The van der Waals surface area contributed by atoms with Gasteiger partial charge in [0.1, 0.15) is 11.9 Å². The van der Waals surface area contributed by atoms with E-state index in [0.717, 1.165) is 43.5 Å². The summed E-state index contributed by atoms with van der Waals surface area (Å²) < 4.78 is 13.8. The molecule has 4 rings (SSSR count). The molecule has 4 nitrogen and oxygen atoms in total. The number of nitrogens with two attached hydrogens (primary N) is 1. The zero-order valence-electron chi connectivity index (χ0n) is 15.3. The molecule has 0 bridgehead atoms. The van der Waals surface area contributed by atoms with Gasteiger partial charge in [0, 0.05) is 35.8 Å². The minimum Gasteiger partial charge on any atom is -0.387 e. The van der Waals surface area contributed by atoms with Gasteiger partial charge in [-0.3, -0.25) is 0 Å². The third-order valence-corrected chi connectivity index (χ3v) is 5.82. The monoisotopic (exact) mass is 364 g/mol. The van der Waals surface area contributed by atoms with Gasteiger partial charge in [0.05, 0.1) is 5.57 Å². The summed E-state index contributed by atoms with van der Waals surface area (Å²) >= 11 is 0. The highest BCUT2D eigenvalue weighted by Gasteiger charge is 2.23. The molecule has 1 aromatic rings. The Kier molecular flexibility index (Phi) is 5.00. The van der Waals surface area contributed by atoms with Crippen LogP contribution in [0.25, 0.3) is 6.08 Å². The first-order valence-electron chi connectivity index (χ1n) is 9.71. The first kappa shape index (κ1) is 17.8. The smallest absolute Gasteiger partial charge is 0.136 e. The second-order valence-electron chi connectivity index (χ2n) is 7.69. The lowest BCUT2D eigenvalue weighted by Crippen LogP contribution is -2.33. The van der Waals surface area contributed by atoms with E-state index in [9.17, 15) is 4.39 Å². The van der Waals surface area contributed by atoms with Crippen molar-refractivity contribution in [1.29, 1.82) is 5.26 Å². The van der Waals surface area contributed by atoms with Crippen molar-refractivity contribution < 1.29 is 4.39 Å². The van der Waals surface area contributed by atoms with Crippen LogP contribution in [-0.2, 0) is 6.54 Å². The van der Waals surface area contributed by atoms with Crippen LogP contribution in [0.15, 0.2) is 41.9 Å². The summed E-state index contributed by atoms with van der Waals surface area (Å²) in [6.45, 7) is 0.791. The van der Waals surface area contributed by atoms with Gasteiger partial charge in [-0.25, -0.2) is 4.39 Å². The van der Waals surface area contributed by atoms with E-state index < -0.39 is 5.83 Å². The Hall–Kier alpha value is -2.58. The molecule has 140 valence electrons. The highest BCUT2D eigenvalue weighted by molar-refractivity contribution is 5.68. The molecular formula is C22H25FN4. The maximum absolute atomic E-state index is 13.8. The lowest BCUT2D eigenvalue weighted by Gasteiger charge is -2.30. The van der Waals surface area contributed by atoms with Crippen molar-refractivity contribution >= 4 is 11.8 Å². The summed E-state index contributed by atoms with van der Waals surface area (Å²) in [6.07, 6.45) is 12.2. The fraction of sp³-hybridized carbons (Fsp3) is 0.409. The molecule has 0 amide bonds. The Morgan fingerprint density at radius 2 is 2.04 bits per heavy atom. The molecule has 2 aliphatic carbocycles. The van der Waals surface area contributed by atoms with Crippen molar-refractivity contribution in [2.75, 3.05) is 5.32 Å². The van der Waals surface area contributed by atoms with Gasteiger partial charge in [0.2, 0.25) is 0 Å². The first-order chi connectivity index (χ1) is 13.1. The maximum Gasteiger partial charge on any atom is 0.136 e.